The van der Waals surface area contributed by atoms with Gasteiger partial charge >= 0.3 is 12.1 Å². The monoisotopic (exact) mass is 470 g/mol. The van der Waals surface area contributed by atoms with Gasteiger partial charge in [-0.2, -0.15) is 0 Å². The predicted octanol–water partition coefficient (Wildman–Crippen LogP) is 5.43. The minimum Gasteiger partial charge on any atom is -0.550 e. The van der Waals surface area contributed by atoms with Gasteiger partial charge in [0, 0.05) is 5.97 Å². The van der Waals surface area contributed by atoms with Crippen LogP contribution in [0.15, 0.2) is 0 Å². The Morgan fingerprint density at radius 1 is 0.788 bits per heavy atom. The van der Waals surface area contributed by atoms with Gasteiger partial charge in [-0.25, -0.2) is 9.59 Å². The molecule has 7 nitrogen and oxygen atoms in total. The van der Waals surface area contributed by atoms with Crippen molar-refractivity contribution in [3.8, 4) is 0 Å². The molecular weight excluding hydrogens is 422 g/mol. The van der Waals surface area contributed by atoms with Crippen molar-refractivity contribution in [1.29, 1.82) is 0 Å². The summed E-state index contributed by atoms with van der Waals surface area (Å²) in [5, 5.41) is 13.4. The van der Waals surface area contributed by atoms with Crippen molar-refractivity contribution in [1.82, 2.24) is 5.32 Å². The van der Waals surface area contributed by atoms with Crippen molar-refractivity contribution in [2.45, 2.75) is 149 Å². The van der Waals surface area contributed by atoms with E-state index in [1.54, 1.807) is 20.8 Å². The summed E-state index contributed by atoms with van der Waals surface area (Å²) in [6.07, 6.45) is 13.0. The van der Waals surface area contributed by atoms with Crippen molar-refractivity contribution < 1.29 is 29.0 Å². The van der Waals surface area contributed by atoms with E-state index in [9.17, 15) is 19.5 Å². The third kappa shape index (κ3) is 19.4. The fraction of sp³-hybridized carbons (Fsp3) is 0.885. The van der Waals surface area contributed by atoms with Crippen molar-refractivity contribution in [2.75, 3.05) is 0 Å². The molecular formula is C26H48NO6-. The molecule has 0 saturated heterocycles. The molecule has 0 aliphatic heterocycles. The Bertz CT molecular complexity index is 543. The number of rotatable bonds is 19. The Balaban J connectivity index is 4.67. The molecule has 0 bridgehead atoms. The van der Waals surface area contributed by atoms with Crippen LogP contribution in [0.25, 0.3) is 0 Å². The number of carbonyl (C=O) groups excluding carboxylic acids is 3. The molecule has 33 heavy (non-hydrogen) atoms. The first-order valence-electron chi connectivity index (χ1n) is 13.0. The van der Waals surface area contributed by atoms with Gasteiger partial charge in [0.05, 0.1) is 0 Å². The number of nitrogens with one attached hydrogen (secondary N) is 1. The highest BCUT2D eigenvalue weighted by Gasteiger charge is 2.27. The zero-order valence-electron chi connectivity index (χ0n) is 21.7. The van der Waals surface area contributed by atoms with Crippen LogP contribution < -0.4 is 10.4 Å². The number of aliphatic carboxylic acids is 1. The highest BCUT2D eigenvalue weighted by atomic mass is 16.6. The quantitative estimate of drug-likeness (QED) is 0.199. The smallest absolute Gasteiger partial charge is 0.408 e. The Morgan fingerprint density at radius 2 is 1.30 bits per heavy atom. The average Bonchev–Trinajstić information content (AvgIpc) is 2.71. The van der Waals surface area contributed by atoms with E-state index in [0.717, 1.165) is 38.5 Å². The molecule has 1 N–H and O–H groups in total. The maximum atomic E-state index is 12.8. The number of carboxylic acid groups (broad SMARTS) is 1. The van der Waals surface area contributed by atoms with E-state index in [1.165, 1.54) is 44.9 Å². The van der Waals surface area contributed by atoms with Crippen LogP contribution in [0.3, 0.4) is 0 Å². The van der Waals surface area contributed by atoms with Crippen molar-refractivity contribution in [3.05, 3.63) is 0 Å². The standard InChI is InChI=1S/C26H49NO6/c1-6-8-10-11-12-13-14-15-16-18-21(17-9-7-2)32-24(30)22(19-20-23(28)29)27-25(31)33-26(3,4)5/h21-22H,6-20H2,1-5H3,(H,27,31)(H,28,29)/p-1. The molecule has 2 unspecified atom stereocenters. The molecule has 7 heteroatoms. The van der Waals surface area contributed by atoms with Gasteiger partial charge in [-0.15, -0.1) is 0 Å². The summed E-state index contributed by atoms with van der Waals surface area (Å²) >= 11 is 0. The zero-order valence-corrected chi connectivity index (χ0v) is 21.7. The van der Waals surface area contributed by atoms with Gasteiger partial charge < -0.3 is 24.7 Å². The minimum absolute atomic E-state index is 0.0983. The van der Waals surface area contributed by atoms with Gasteiger partial charge in [0.15, 0.2) is 0 Å². The van der Waals surface area contributed by atoms with Crippen molar-refractivity contribution >= 4 is 18.0 Å². The van der Waals surface area contributed by atoms with Gasteiger partial charge in [0.1, 0.15) is 17.7 Å². The topological polar surface area (TPSA) is 105 Å². The molecule has 0 radical (unpaired) electrons. The number of amides is 1. The van der Waals surface area contributed by atoms with Crippen molar-refractivity contribution in [3.63, 3.8) is 0 Å². The average molecular weight is 471 g/mol. The van der Waals surface area contributed by atoms with E-state index in [-0.39, 0.29) is 18.9 Å². The summed E-state index contributed by atoms with van der Waals surface area (Å²) in [5.41, 5.74) is -0.730. The summed E-state index contributed by atoms with van der Waals surface area (Å²) in [4.78, 5) is 35.8. The Kier molecular flexibility index (Phi) is 17.6. The fourth-order valence-electron chi connectivity index (χ4n) is 3.58. The summed E-state index contributed by atoms with van der Waals surface area (Å²) in [5.74, 6) is -1.89. The van der Waals surface area contributed by atoms with Crippen LogP contribution in [0.1, 0.15) is 131 Å². The molecule has 0 fully saturated rings. The third-order valence-electron chi connectivity index (χ3n) is 5.40. The summed E-state index contributed by atoms with van der Waals surface area (Å²) in [6.45, 7) is 9.46. The number of carboxylic acids is 1. The number of hydrogen-bond acceptors (Lipinski definition) is 6. The SMILES string of the molecule is CCCCCCCCCCCC(CCCC)OC(=O)C(CCC(=O)[O-])NC(=O)OC(C)(C)C. The van der Waals surface area contributed by atoms with Crippen LogP contribution in [0.4, 0.5) is 4.79 Å². The first-order chi connectivity index (χ1) is 15.6. The van der Waals surface area contributed by atoms with E-state index in [2.05, 4.69) is 19.2 Å². The second-order valence-electron chi connectivity index (χ2n) is 9.93. The Hall–Kier alpha value is -1.79. The van der Waals surface area contributed by atoms with Gasteiger partial charge in [-0.3, -0.25) is 0 Å². The second-order valence-corrected chi connectivity index (χ2v) is 9.93. The summed E-state index contributed by atoms with van der Waals surface area (Å²) in [6, 6.07) is -1.08. The van der Waals surface area contributed by atoms with Crippen LogP contribution in [0, 0.1) is 0 Å². The normalized spacial score (nSPS) is 13.2. The molecule has 0 aromatic carbocycles. The number of esters is 1. The van der Waals surface area contributed by atoms with Gasteiger partial charge in [0.2, 0.25) is 0 Å². The molecule has 0 saturated carbocycles. The molecule has 0 heterocycles. The van der Waals surface area contributed by atoms with E-state index >= 15 is 0 Å². The molecule has 0 spiro atoms. The first kappa shape index (κ1) is 31.2. The molecule has 0 aromatic rings. The van der Waals surface area contributed by atoms with Crippen LogP contribution in [-0.4, -0.2) is 35.8 Å². The molecule has 194 valence electrons. The van der Waals surface area contributed by atoms with Crippen LogP contribution >= 0.6 is 0 Å². The number of carbonyl (C=O) groups is 3. The van der Waals surface area contributed by atoms with E-state index < -0.39 is 29.7 Å². The number of ether oxygens (including phenoxy) is 2. The number of alkyl carbamates (subject to hydrolysis) is 1. The molecule has 0 aliphatic rings. The largest absolute Gasteiger partial charge is 0.550 e. The Morgan fingerprint density at radius 3 is 1.82 bits per heavy atom. The van der Waals surface area contributed by atoms with Gasteiger partial charge in [-0.1, -0.05) is 78.1 Å². The van der Waals surface area contributed by atoms with Crippen molar-refractivity contribution in [2.24, 2.45) is 0 Å². The molecule has 1 amide bonds. The van der Waals surface area contributed by atoms with Crippen LogP contribution in [0.5, 0.6) is 0 Å². The Labute approximate surface area is 201 Å². The maximum absolute atomic E-state index is 12.8. The molecule has 0 aliphatic carbocycles. The van der Waals surface area contributed by atoms with E-state index in [1.807, 2.05) is 0 Å². The summed E-state index contributed by atoms with van der Waals surface area (Å²) < 4.78 is 10.9. The van der Waals surface area contributed by atoms with E-state index in [4.69, 9.17) is 9.47 Å². The van der Waals surface area contributed by atoms with Crippen LogP contribution in [-0.2, 0) is 19.1 Å². The number of unbranched alkanes of at least 4 members (excludes halogenated alkanes) is 9. The second kappa shape index (κ2) is 18.6. The van der Waals surface area contributed by atoms with Crippen LogP contribution in [0.2, 0.25) is 0 Å². The predicted molar refractivity (Wildman–Crippen MR) is 129 cm³/mol. The molecule has 2 atom stereocenters. The highest BCUT2D eigenvalue weighted by molar-refractivity contribution is 5.82. The number of hydrogen-bond donors (Lipinski definition) is 1. The molecule has 0 aromatic heterocycles. The molecule has 0 rings (SSSR count). The van der Waals surface area contributed by atoms with Gasteiger partial charge in [-0.05, 0) is 52.9 Å². The first-order valence-corrected chi connectivity index (χ1v) is 13.0. The lowest BCUT2D eigenvalue weighted by molar-refractivity contribution is -0.305. The van der Waals surface area contributed by atoms with E-state index in [0.29, 0.717) is 0 Å². The highest BCUT2D eigenvalue weighted by Crippen LogP contribution is 2.17. The fourth-order valence-corrected chi connectivity index (χ4v) is 3.58. The lowest BCUT2D eigenvalue weighted by Gasteiger charge is -2.25. The lowest BCUT2D eigenvalue weighted by Crippen LogP contribution is -2.45. The zero-order chi connectivity index (χ0) is 25.1. The minimum atomic E-state index is -1.28. The van der Waals surface area contributed by atoms with Gasteiger partial charge in [0.25, 0.3) is 0 Å². The maximum Gasteiger partial charge on any atom is 0.408 e. The lowest BCUT2D eigenvalue weighted by atomic mass is 10.0. The summed E-state index contributed by atoms with van der Waals surface area (Å²) in [7, 11) is 0. The third-order valence-corrected chi connectivity index (χ3v) is 5.40.